The first-order chi connectivity index (χ1) is 17.0. The van der Waals surface area contributed by atoms with E-state index in [4.69, 9.17) is 4.74 Å². The van der Waals surface area contributed by atoms with Crippen molar-refractivity contribution in [1.29, 1.82) is 0 Å². The van der Waals surface area contributed by atoms with Crippen molar-refractivity contribution in [3.8, 4) is 0 Å². The van der Waals surface area contributed by atoms with E-state index in [1.165, 1.54) is 6.08 Å². The van der Waals surface area contributed by atoms with Gasteiger partial charge in [-0.2, -0.15) is 0 Å². The Hall–Kier alpha value is -4.19. The van der Waals surface area contributed by atoms with Gasteiger partial charge in [0, 0.05) is 35.0 Å². The number of ether oxygens (including phenoxy) is 1. The highest BCUT2D eigenvalue weighted by Crippen LogP contribution is 2.34. The zero-order valence-electron chi connectivity index (χ0n) is 19.9. The second kappa shape index (κ2) is 10.8. The number of anilines is 2. The van der Waals surface area contributed by atoms with Crippen molar-refractivity contribution >= 4 is 34.7 Å². The first-order valence-corrected chi connectivity index (χ1v) is 11.7. The van der Waals surface area contributed by atoms with Crippen LogP contribution in [0.4, 0.5) is 11.4 Å². The van der Waals surface area contributed by atoms with Gasteiger partial charge in [0.15, 0.2) is 0 Å². The van der Waals surface area contributed by atoms with Crippen LogP contribution < -0.4 is 10.2 Å². The third kappa shape index (κ3) is 5.49. The Morgan fingerprint density at radius 3 is 2.43 bits per heavy atom. The first kappa shape index (κ1) is 24.0. The maximum absolute atomic E-state index is 13.5. The molecule has 1 heterocycles. The molecule has 0 spiro atoms. The van der Waals surface area contributed by atoms with E-state index in [9.17, 15) is 14.4 Å². The molecule has 0 aliphatic carbocycles. The Balaban J connectivity index is 1.55. The van der Waals surface area contributed by atoms with Gasteiger partial charge < -0.3 is 15.0 Å². The highest BCUT2D eigenvalue weighted by molar-refractivity contribution is 6.09. The molecule has 0 saturated heterocycles. The molecule has 6 heteroatoms. The predicted molar refractivity (Wildman–Crippen MR) is 138 cm³/mol. The number of benzene rings is 3. The number of nitrogens with zero attached hydrogens (tertiary/aromatic N) is 1. The molecule has 1 N–H and O–H groups in total. The smallest absolute Gasteiger partial charge is 0.331 e. The van der Waals surface area contributed by atoms with E-state index >= 15 is 0 Å². The number of hydrogen-bond donors (Lipinski definition) is 1. The lowest BCUT2D eigenvalue weighted by molar-refractivity contribution is -0.137. The molecule has 1 aliphatic rings. The summed E-state index contributed by atoms with van der Waals surface area (Å²) in [5.74, 6) is -0.698. The van der Waals surface area contributed by atoms with Gasteiger partial charge in [0.05, 0.1) is 12.3 Å². The standard InChI is InChI=1S/C29H28N2O4/c1-3-35-27(32)19-22-10-8-18-31(26-13-7-6-12-25(22)26)29(34)21-14-16-23(17-15-21)30-28(33)24-11-5-4-9-20(24)2/h4-7,9,11-17,19H,3,8,10,18H2,1-2H3,(H,30,33)/b22-19+. The lowest BCUT2D eigenvalue weighted by Crippen LogP contribution is -2.31. The Morgan fingerprint density at radius 2 is 1.69 bits per heavy atom. The summed E-state index contributed by atoms with van der Waals surface area (Å²) in [6, 6.07) is 21.9. The number of nitrogens with one attached hydrogen (secondary N) is 1. The molecule has 2 amide bonds. The average molecular weight is 469 g/mol. The second-order valence-corrected chi connectivity index (χ2v) is 8.35. The zero-order valence-corrected chi connectivity index (χ0v) is 19.9. The van der Waals surface area contributed by atoms with Gasteiger partial charge >= 0.3 is 5.97 Å². The van der Waals surface area contributed by atoms with E-state index in [1.54, 1.807) is 42.2 Å². The van der Waals surface area contributed by atoms with E-state index in [1.807, 2.05) is 49.4 Å². The van der Waals surface area contributed by atoms with Gasteiger partial charge in [-0.25, -0.2) is 4.79 Å². The van der Waals surface area contributed by atoms with Crippen molar-refractivity contribution < 1.29 is 19.1 Å². The van der Waals surface area contributed by atoms with E-state index in [-0.39, 0.29) is 17.8 Å². The third-order valence-electron chi connectivity index (χ3n) is 5.97. The third-order valence-corrected chi connectivity index (χ3v) is 5.97. The van der Waals surface area contributed by atoms with Crippen molar-refractivity contribution in [2.75, 3.05) is 23.4 Å². The van der Waals surface area contributed by atoms with Gasteiger partial charge in [-0.05, 0) is 74.2 Å². The van der Waals surface area contributed by atoms with Gasteiger partial charge in [-0.1, -0.05) is 36.4 Å². The minimum Gasteiger partial charge on any atom is -0.463 e. The van der Waals surface area contributed by atoms with Crippen molar-refractivity contribution in [3.63, 3.8) is 0 Å². The number of fused-ring (bicyclic) bond motifs is 1. The van der Waals surface area contributed by atoms with Crippen molar-refractivity contribution in [2.24, 2.45) is 0 Å². The maximum atomic E-state index is 13.5. The minimum absolute atomic E-state index is 0.133. The Morgan fingerprint density at radius 1 is 0.971 bits per heavy atom. The van der Waals surface area contributed by atoms with Crippen molar-refractivity contribution in [3.05, 3.63) is 101 Å². The molecule has 4 rings (SSSR count). The Labute approximate surface area is 205 Å². The second-order valence-electron chi connectivity index (χ2n) is 8.35. The van der Waals surface area contributed by atoms with E-state index in [0.29, 0.717) is 36.4 Å². The van der Waals surface area contributed by atoms with Crippen LogP contribution in [0.25, 0.3) is 5.57 Å². The lowest BCUT2D eigenvalue weighted by Gasteiger charge is -2.23. The molecule has 0 radical (unpaired) electrons. The van der Waals surface area contributed by atoms with Crippen LogP contribution >= 0.6 is 0 Å². The van der Waals surface area contributed by atoms with Crippen LogP contribution in [0.5, 0.6) is 0 Å². The number of hydrogen-bond acceptors (Lipinski definition) is 4. The molecule has 0 aromatic heterocycles. The number of esters is 1. The normalized spacial score (nSPS) is 14.1. The topological polar surface area (TPSA) is 75.7 Å². The summed E-state index contributed by atoms with van der Waals surface area (Å²) in [5.41, 5.74) is 5.13. The molecule has 178 valence electrons. The van der Waals surface area contributed by atoms with Gasteiger partial charge in [0.1, 0.15) is 0 Å². The SMILES string of the molecule is CCOC(=O)/C=C1\CCCN(C(=O)c2ccc(NC(=O)c3ccccc3C)cc2)c2ccccc21. The van der Waals surface area contributed by atoms with Crippen LogP contribution in [-0.4, -0.2) is 30.9 Å². The fraction of sp³-hybridized carbons (Fsp3) is 0.207. The predicted octanol–water partition coefficient (Wildman–Crippen LogP) is 5.63. The molecule has 6 nitrogen and oxygen atoms in total. The Kier molecular flexibility index (Phi) is 7.41. The summed E-state index contributed by atoms with van der Waals surface area (Å²) in [7, 11) is 0. The number of para-hydroxylation sites is 1. The summed E-state index contributed by atoms with van der Waals surface area (Å²) in [5, 5.41) is 2.89. The number of carbonyl (C=O) groups excluding carboxylic acids is 3. The molecule has 3 aromatic carbocycles. The highest BCUT2D eigenvalue weighted by Gasteiger charge is 2.24. The number of aryl methyl sites for hydroxylation is 1. The van der Waals surface area contributed by atoms with Crippen molar-refractivity contribution in [1.82, 2.24) is 0 Å². The summed E-state index contributed by atoms with van der Waals surface area (Å²) in [6.45, 7) is 4.51. The molecule has 1 aliphatic heterocycles. The average Bonchev–Trinajstić information content (AvgIpc) is 3.04. The van der Waals surface area contributed by atoms with Gasteiger partial charge in [-0.3, -0.25) is 9.59 Å². The maximum Gasteiger partial charge on any atom is 0.331 e. The van der Waals surface area contributed by atoms with Crippen LogP contribution in [0, 0.1) is 6.92 Å². The molecular formula is C29H28N2O4. The molecule has 3 aromatic rings. The monoisotopic (exact) mass is 468 g/mol. The molecule has 0 atom stereocenters. The van der Waals surface area contributed by atoms with Gasteiger partial charge in [0.25, 0.3) is 11.8 Å². The van der Waals surface area contributed by atoms with Crippen LogP contribution in [-0.2, 0) is 9.53 Å². The summed E-state index contributed by atoms with van der Waals surface area (Å²) >= 11 is 0. The quantitative estimate of drug-likeness (QED) is 0.389. The van der Waals surface area contributed by atoms with Crippen LogP contribution in [0.15, 0.2) is 78.9 Å². The highest BCUT2D eigenvalue weighted by atomic mass is 16.5. The van der Waals surface area contributed by atoms with E-state index in [0.717, 1.165) is 28.8 Å². The number of rotatable bonds is 5. The molecule has 0 unspecified atom stereocenters. The Bertz CT molecular complexity index is 1280. The van der Waals surface area contributed by atoms with Gasteiger partial charge in [0.2, 0.25) is 0 Å². The molecule has 0 saturated carbocycles. The van der Waals surface area contributed by atoms with Crippen LogP contribution in [0.2, 0.25) is 0 Å². The zero-order chi connectivity index (χ0) is 24.8. The minimum atomic E-state index is -0.375. The largest absolute Gasteiger partial charge is 0.463 e. The van der Waals surface area contributed by atoms with Crippen molar-refractivity contribution in [2.45, 2.75) is 26.7 Å². The van der Waals surface area contributed by atoms with Gasteiger partial charge in [-0.15, -0.1) is 0 Å². The summed E-state index contributed by atoms with van der Waals surface area (Å²) in [4.78, 5) is 39.9. The summed E-state index contributed by atoms with van der Waals surface area (Å²) in [6.07, 6.45) is 2.92. The first-order valence-electron chi connectivity index (χ1n) is 11.7. The van der Waals surface area contributed by atoms with Crippen LogP contribution in [0.1, 0.15) is 51.6 Å². The fourth-order valence-electron chi connectivity index (χ4n) is 4.23. The molecule has 35 heavy (non-hydrogen) atoms. The fourth-order valence-corrected chi connectivity index (χ4v) is 4.23. The number of allylic oxidation sites excluding steroid dienone is 1. The molecular weight excluding hydrogens is 440 g/mol. The number of carbonyl (C=O) groups is 3. The van der Waals surface area contributed by atoms with E-state index < -0.39 is 0 Å². The van der Waals surface area contributed by atoms with E-state index in [2.05, 4.69) is 5.32 Å². The molecule has 0 bridgehead atoms. The lowest BCUT2D eigenvalue weighted by atomic mass is 10.0. The summed E-state index contributed by atoms with van der Waals surface area (Å²) < 4.78 is 5.09. The van der Waals surface area contributed by atoms with Crippen LogP contribution in [0.3, 0.4) is 0 Å². The number of amides is 2. The molecule has 0 fully saturated rings.